The van der Waals surface area contributed by atoms with Crippen LogP contribution in [0.25, 0.3) is 10.2 Å². The van der Waals surface area contributed by atoms with Crippen LogP contribution < -0.4 is 4.87 Å². The molecule has 1 aromatic heterocycles. The first-order valence-corrected chi connectivity index (χ1v) is 12.1. The van der Waals surface area contributed by atoms with Crippen molar-refractivity contribution in [2.75, 3.05) is 40.8 Å². The van der Waals surface area contributed by atoms with Crippen molar-refractivity contribution in [1.29, 1.82) is 0 Å². The fourth-order valence-electron chi connectivity index (χ4n) is 4.39. The Bertz CT molecular complexity index is 1250. The standard InChI is InChI=1S/C25H30N4O4S/c1-27(2)24(32)18-6-4-5-17(13-18)21(15-29-10-9-19(30)14-29)28(3)23(31)12-16-7-8-22-20(11-16)26-25(33)34-22/h4-8,11,13,19,21,30H,9-10,12,14-15H2,1-3H3,(H,26,33)/t19-,21?/m0/s1. The number of nitrogens with one attached hydrogen (secondary N) is 1. The highest BCUT2D eigenvalue weighted by atomic mass is 32.1. The highest BCUT2D eigenvalue weighted by Gasteiger charge is 2.28. The van der Waals surface area contributed by atoms with Crippen LogP contribution in [0.2, 0.25) is 0 Å². The molecule has 34 heavy (non-hydrogen) atoms. The number of aliphatic hydroxyl groups is 1. The zero-order valence-electron chi connectivity index (χ0n) is 19.7. The summed E-state index contributed by atoms with van der Waals surface area (Å²) >= 11 is 1.15. The maximum atomic E-state index is 13.3. The molecule has 1 fully saturated rings. The van der Waals surface area contributed by atoms with Crippen molar-refractivity contribution in [3.05, 3.63) is 68.8 Å². The summed E-state index contributed by atoms with van der Waals surface area (Å²) in [5.41, 5.74) is 3.01. The van der Waals surface area contributed by atoms with E-state index in [1.165, 1.54) is 4.90 Å². The van der Waals surface area contributed by atoms with Gasteiger partial charge in [0, 0.05) is 46.3 Å². The molecule has 2 heterocycles. The van der Waals surface area contributed by atoms with E-state index in [4.69, 9.17) is 0 Å². The quantitative estimate of drug-likeness (QED) is 0.538. The number of benzene rings is 2. The summed E-state index contributed by atoms with van der Waals surface area (Å²) in [6.45, 7) is 1.89. The van der Waals surface area contributed by atoms with E-state index >= 15 is 0 Å². The molecule has 0 bridgehead atoms. The maximum Gasteiger partial charge on any atom is 0.305 e. The van der Waals surface area contributed by atoms with Gasteiger partial charge in [-0.1, -0.05) is 29.5 Å². The first-order chi connectivity index (χ1) is 16.2. The minimum absolute atomic E-state index is 0.0639. The molecule has 2 aromatic carbocycles. The second-order valence-corrected chi connectivity index (χ2v) is 10.1. The number of likely N-dealkylation sites (N-methyl/N-ethyl adjacent to an activating group) is 1. The van der Waals surface area contributed by atoms with Crippen molar-refractivity contribution in [2.24, 2.45) is 0 Å². The molecule has 1 aliphatic heterocycles. The van der Waals surface area contributed by atoms with Gasteiger partial charge in [0.25, 0.3) is 5.91 Å². The minimum atomic E-state index is -0.359. The van der Waals surface area contributed by atoms with Crippen LogP contribution in [-0.2, 0) is 11.2 Å². The van der Waals surface area contributed by atoms with Crippen LogP contribution in [0, 0.1) is 0 Å². The van der Waals surface area contributed by atoms with Crippen LogP contribution in [0.15, 0.2) is 47.3 Å². The van der Waals surface area contributed by atoms with Gasteiger partial charge in [-0.25, -0.2) is 0 Å². The molecule has 1 saturated heterocycles. The molecular weight excluding hydrogens is 452 g/mol. The monoisotopic (exact) mass is 482 g/mol. The smallest absolute Gasteiger partial charge is 0.305 e. The molecule has 2 atom stereocenters. The molecule has 0 spiro atoms. The predicted molar refractivity (Wildman–Crippen MR) is 133 cm³/mol. The Morgan fingerprint density at radius 2 is 2.00 bits per heavy atom. The minimum Gasteiger partial charge on any atom is -0.392 e. The summed E-state index contributed by atoms with van der Waals surface area (Å²) in [7, 11) is 5.21. The van der Waals surface area contributed by atoms with Gasteiger partial charge in [-0.3, -0.25) is 19.3 Å². The number of rotatable bonds is 7. The molecule has 3 aromatic rings. The number of fused-ring (bicyclic) bond motifs is 1. The van der Waals surface area contributed by atoms with E-state index in [1.54, 1.807) is 32.1 Å². The Balaban J connectivity index is 1.59. The Kier molecular flexibility index (Phi) is 7.16. The summed E-state index contributed by atoms with van der Waals surface area (Å²) < 4.78 is 0.863. The number of likely N-dealkylation sites (tertiary alicyclic amines) is 1. The lowest BCUT2D eigenvalue weighted by Gasteiger charge is -2.32. The van der Waals surface area contributed by atoms with E-state index in [9.17, 15) is 19.5 Å². The third kappa shape index (κ3) is 5.38. The average molecular weight is 483 g/mol. The number of thiazole rings is 1. The molecule has 2 amide bonds. The molecule has 0 saturated carbocycles. The highest BCUT2D eigenvalue weighted by Crippen LogP contribution is 2.26. The summed E-state index contributed by atoms with van der Waals surface area (Å²) in [6, 6.07) is 12.7. The van der Waals surface area contributed by atoms with E-state index < -0.39 is 0 Å². The van der Waals surface area contributed by atoms with Crippen molar-refractivity contribution < 1.29 is 14.7 Å². The number of carbonyl (C=O) groups is 2. The van der Waals surface area contributed by atoms with Crippen molar-refractivity contribution in [1.82, 2.24) is 19.7 Å². The van der Waals surface area contributed by atoms with Gasteiger partial charge in [-0.15, -0.1) is 0 Å². The largest absolute Gasteiger partial charge is 0.392 e. The van der Waals surface area contributed by atoms with Crippen LogP contribution in [0.4, 0.5) is 0 Å². The maximum absolute atomic E-state index is 13.3. The summed E-state index contributed by atoms with van der Waals surface area (Å²) in [5.74, 6) is -0.157. The van der Waals surface area contributed by atoms with E-state index in [0.717, 1.165) is 39.2 Å². The highest BCUT2D eigenvalue weighted by molar-refractivity contribution is 7.16. The van der Waals surface area contributed by atoms with E-state index in [0.29, 0.717) is 25.1 Å². The van der Waals surface area contributed by atoms with Crippen LogP contribution >= 0.6 is 11.3 Å². The van der Waals surface area contributed by atoms with Gasteiger partial charge in [-0.05, 0) is 41.8 Å². The normalized spacial score (nSPS) is 17.1. The lowest BCUT2D eigenvalue weighted by Crippen LogP contribution is -2.39. The lowest BCUT2D eigenvalue weighted by atomic mass is 10.0. The summed E-state index contributed by atoms with van der Waals surface area (Å²) in [6.07, 6.45) is 0.546. The topological polar surface area (TPSA) is 96.9 Å². The third-order valence-corrected chi connectivity index (χ3v) is 7.17. The first-order valence-electron chi connectivity index (χ1n) is 11.3. The molecule has 0 radical (unpaired) electrons. The number of aromatic amines is 1. The zero-order chi connectivity index (χ0) is 24.4. The second kappa shape index (κ2) is 10.1. The molecule has 8 nitrogen and oxygen atoms in total. The van der Waals surface area contributed by atoms with Gasteiger partial charge >= 0.3 is 4.87 Å². The second-order valence-electron chi connectivity index (χ2n) is 9.07. The Morgan fingerprint density at radius 1 is 1.21 bits per heavy atom. The lowest BCUT2D eigenvalue weighted by molar-refractivity contribution is -0.131. The first kappa shape index (κ1) is 24.1. The molecular formula is C25H30N4O4S. The molecule has 4 rings (SSSR count). The van der Waals surface area contributed by atoms with Crippen LogP contribution in [0.5, 0.6) is 0 Å². The molecule has 0 aliphatic carbocycles. The Morgan fingerprint density at radius 3 is 2.71 bits per heavy atom. The van der Waals surface area contributed by atoms with Gasteiger partial charge in [0.2, 0.25) is 5.91 Å². The number of nitrogens with zero attached hydrogens (tertiary/aromatic N) is 3. The van der Waals surface area contributed by atoms with Gasteiger partial charge in [0.1, 0.15) is 0 Å². The number of aromatic nitrogens is 1. The molecule has 1 aliphatic rings. The number of aliphatic hydroxyl groups excluding tert-OH is 1. The van der Waals surface area contributed by atoms with Crippen molar-refractivity contribution in [3.63, 3.8) is 0 Å². The van der Waals surface area contributed by atoms with E-state index in [1.807, 2.05) is 36.4 Å². The van der Waals surface area contributed by atoms with E-state index in [-0.39, 0.29) is 35.3 Å². The van der Waals surface area contributed by atoms with Gasteiger partial charge in [0.05, 0.1) is 28.8 Å². The van der Waals surface area contributed by atoms with Crippen LogP contribution in [-0.4, -0.2) is 83.5 Å². The van der Waals surface area contributed by atoms with Crippen molar-refractivity contribution >= 4 is 33.4 Å². The fraction of sp³-hybridized carbons (Fsp3) is 0.400. The zero-order valence-corrected chi connectivity index (χ0v) is 20.5. The average Bonchev–Trinajstić information content (AvgIpc) is 3.39. The summed E-state index contributed by atoms with van der Waals surface area (Å²) in [5, 5.41) is 10.00. The SMILES string of the molecule is CN(C)C(=O)c1cccc(C(CN2CC[C@H](O)C2)N(C)C(=O)Cc2ccc3sc(=O)[nH]c3c2)c1. The number of hydrogen-bond acceptors (Lipinski definition) is 6. The van der Waals surface area contributed by atoms with E-state index in [2.05, 4.69) is 9.88 Å². The summed E-state index contributed by atoms with van der Waals surface area (Å²) in [4.78, 5) is 45.6. The van der Waals surface area contributed by atoms with Crippen LogP contribution in [0.3, 0.4) is 0 Å². The Labute approximate surface area is 202 Å². The number of amides is 2. The fourth-order valence-corrected chi connectivity index (χ4v) is 5.11. The third-order valence-electron chi connectivity index (χ3n) is 6.30. The number of H-pyrrole nitrogens is 1. The number of hydrogen-bond donors (Lipinski definition) is 2. The van der Waals surface area contributed by atoms with Gasteiger partial charge in [0.15, 0.2) is 0 Å². The molecule has 9 heteroatoms. The van der Waals surface area contributed by atoms with Gasteiger partial charge < -0.3 is 19.9 Å². The van der Waals surface area contributed by atoms with Crippen LogP contribution in [0.1, 0.15) is 33.9 Å². The molecule has 2 N–H and O–H groups in total. The van der Waals surface area contributed by atoms with Crippen molar-refractivity contribution in [3.8, 4) is 0 Å². The number of β-amino-alcohol motifs (C(OH)–C–C–N with tert-alkyl or cyclic N) is 1. The predicted octanol–water partition coefficient (Wildman–Crippen LogP) is 2.10. The Hall–Kier alpha value is -3.01. The molecule has 180 valence electrons. The number of carbonyl (C=O) groups excluding carboxylic acids is 2. The molecule has 1 unspecified atom stereocenters. The van der Waals surface area contributed by atoms with Crippen molar-refractivity contribution in [2.45, 2.75) is 25.0 Å². The van der Waals surface area contributed by atoms with Gasteiger partial charge in [-0.2, -0.15) is 0 Å².